The van der Waals surface area contributed by atoms with Crippen LogP contribution in [0.3, 0.4) is 0 Å². The van der Waals surface area contributed by atoms with Gasteiger partial charge in [-0.25, -0.2) is 0 Å². The highest BCUT2D eigenvalue weighted by Crippen LogP contribution is 2.43. The van der Waals surface area contributed by atoms with E-state index in [4.69, 9.17) is 9.47 Å². The summed E-state index contributed by atoms with van der Waals surface area (Å²) in [6.45, 7) is 1.35. The summed E-state index contributed by atoms with van der Waals surface area (Å²) in [7, 11) is 0. The maximum Gasteiger partial charge on any atom is 0.231 e. The Labute approximate surface area is 153 Å². The second-order valence-electron chi connectivity index (χ2n) is 7.67. The molecular weight excluding hydrogens is 332 g/mol. The van der Waals surface area contributed by atoms with Crippen molar-refractivity contribution < 1.29 is 19.1 Å². The molecule has 1 atom stereocenters. The number of amides is 2. The van der Waals surface area contributed by atoms with Gasteiger partial charge in [0.2, 0.25) is 18.6 Å². The lowest BCUT2D eigenvalue weighted by molar-refractivity contribution is -0.129. The smallest absolute Gasteiger partial charge is 0.231 e. The number of rotatable bonds is 4. The fraction of sp³-hybridized carbons (Fsp3) is 0.600. The van der Waals surface area contributed by atoms with E-state index in [1.807, 2.05) is 6.07 Å². The Morgan fingerprint density at radius 3 is 2.77 bits per heavy atom. The summed E-state index contributed by atoms with van der Waals surface area (Å²) in [5.74, 6) is 1.56. The predicted octanol–water partition coefficient (Wildman–Crippen LogP) is 2.26. The lowest BCUT2D eigenvalue weighted by Gasteiger charge is -2.38. The molecule has 2 aliphatic heterocycles. The number of benzene rings is 1. The van der Waals surface area contributed by atoms with Crippen LogP contribution in [-0.2, 0) is 15.0 Å². The molecule has 0 aromatic heterocycles. The predicted molar refractivity (Wildman–Crippen MR) is 96.1 cm³/mol. The van der Waals surface area contributed by atoms with Crippen molar-refractivity contribution in [1.29, 1.82) is 0 Å². The van der Waals surface area contributed by atoms with E-state index < -0.39 is 0 Å². The molecule has 3 aliphatic rings. The van der Waals surface area contributed by atoms with Crippen LogP contribution in [0.4, 0.5) is 0 Å². The minimum Gasteiger partial charge on any atom is -0.454 e. The molecule has 6 heteroatoms. The maximum absolute atomic E-state index is 12.6. The van der Waals surface area contributed by atoms with Crippen molar-refractivity contribution in [1.82, 2.24) is 10.6 Å². The molecule has 1 aromatic rings. The largest absolute Gasteiger partial charge is 0.454 e. The second-order valence-corrected chi connectivity index (χ2v) is 7.67. The lowest BCUT2D eigenvalue weighted by Crippen LogP contribution is -2.47. The van der Waals surface area contributed by atoms with E-state index in [-0.39, 0.29) is 29.9 Å². The number of fused-ring (bicyclic) bond motifs is 1. The third kappa shape index (κ3) is 3.37. The van der Waals surface area contributed by atoms with Gasteiger partial charge in [-0.05, 0) is 37.0 Å². The summed E-state index contributed by atoms with van der Waals surface area (Å²) in [5, 5.41) is 5.97. The first kappa shape index (κ1) is 17.2. The van der Waals surface area contributed by atoms with E-state index in [1.165, 1.54) is 24.8 Å². The third-order valence-corrected chi connectivity index (χ3v) is 6.03. The van der Waals surface area contributed by atoms with E-state index in [0.29, 0.717) is 25.9 Å². The van der Waals surface area contributed by atoms with Crippen LogP contribution in [0.1, 0.15) is 50.5 Å². The monoisotopic (exact) mass is 358 g/mol. The van der Waals surface area contributed by atoms with Crippen molar-refractivity contribution in [3.63, 3.8) is 0 Å². The zero-order valence-electron chi connectivity index (χ0n) is 15.0. The van der Waals surface area contributed by atoms with Gasteiger partial charge in [0.15, 0.2) is 11.5 Å². The molecule has 1 saturated heterocycles. The van der Waals surface area contributed by atoms with Gasteiger partial charge in [0, 0.05) is 24.9 Å². The van der Waals surface area contributed by atoms with Crippen LogP contribution < -0.4 is 20.1 Å². The fourth-order valence-electron chi connectivity index (χ4n) is 4.38. The molecular formula is C20H26N2O4. The first-order valence-corrected chi connectivity index (χ1v) is 9.61. The minimum absolute atomic E-state index is 0.0400. The molecule has 2 N–H and O–H groups in total. The molecule has 1 aliphatic carbocycles. The normalized spacial score (nSPS) is 24.0. The molecule has 2 heterocycles. The Morgan fingerprint density at radius 1 is 1.19 bits per heavy atom. The summed E-state index contributed by atoms with van der Waals surface area (Å²) in [4.78, 5) is 23.9. The van der Waals surface area contributed by atoms with Gasteiger partial charge in [-0.1, -0.05) is 25.3 Å². The van der Waals surface area contributed by atoms with E-state index in [9.17, 15) is 9.59 Å². The maximum atomic E-state index is 12.6. The van der Waals surface area contributed by atoms with Gasteiger partial charge in [0.1, 0.15) is 0 Å². The molecule has 2 fully saturated rings. The van der Waals surface area contributed by atoms with E-state index in [1.54, 1.807) is 0 Å². The van der Waals surface area contributed by atoms with Gasteiger partial charge in [0.25, 0.3) is 0 Å². The molecule has 0 spiro atoms. The van der Waals surface area contributed by atoms with Crippen molar-refractivity contribution in [2.45, 2.75) is 50.4 Å². The Balaban J connectivity index is 1.48. The SMILES string of the molecule is O=C1CCC(C(=O)NCC2(c3ccc4c(c3)OCO4)CCCCC2)CN1. The molecule has 0 radical (unpaired) electrons. The number of carbonyl (C=O) groups is 2. The number of hydrogen-bond donors (Lipinski definition) is 2. The molecule has 26 heavy (non-hydrogen) atoms. The van der Waals surface area contributed by atoms with Crippen molar-refractivity contribution in [2.75, 3.05) is 19.9 Å². The van der Waals surface area contributed by atoms with E-state index in [2.05, 4.69) is 22.8 Å². The summed E-state index contributed by atoms with van der Waals surface area (Å²) in [6.07, 6.45) is 6.78. The lowest BCUT2D eigenvalue weighted by atomic mass is 9.69. The zero-order chi connectivity index (χ0) is 18.0. The van der Waals surface area contributed by atoms with Crippen LogP contribution >= 0.6 is 0 Å². The second kappa shape index (κ2) is 7.17. The highest BCUT2D eigenvalue weighted by atomic mass is 16.7. The van der Waals surface area contributed by atoms with E-state index in [0.717, 1.165) is 24.3 Å². The quantitative estimate of drug-likeness (QED) is 0.866. The average Bonchev–Trinajstić information content (AvgIpc) is 3.15. The van der Waals surface area contributed by atoms with Gasteiger partial charge in [-0.15, -0.1) is 0 Å². The molecule has 1 saturated carbocycles. The number of ether oxygens (including phenoxy) is 2. The molecule has 1 unspecified atom stereocenters. The van der Waals surface area contributed by atoms with Crippen molar-refractivity contribution in [3.05, 3.63) is 23.8 Å². The first-order valence-electron chi connectivity index (χ1n) is 9.61. The topological polar surface area (TPSA) is 76.7 Å². The number of nitrogens with one attached hydrogen (secondary N) is 2. The van der Waals surface area contributed by atoms with Crippen LogP contribution in [0.15, 0.2) is 18.2 Å². The molecule has 140 valence electrons. The van der Waals surface area contributed by atoms with Gasteiger partial charge in [-0.3, -0.25) is 9.59 Å². The fourth-order valence-corrected chi connectivity index (χ4v) is 4.38. The van der Waals surface area contributed by atoms with Gasteiger partial charge in [0.05, 0.1) is 5.92 Å². The van der Waals surface area contributed by atoms with Crippen LogP contribution in [0.5, 0.6) is 11.5 Å². The number of carbonyl (C=O) groups excluding carboxylic acids is 2. The van der Waals surface area contributed by atoms with Crippen LogP contribution in [-0.4, -0.2) is 31.7 Å². The Kier molecular flexibility index (Phi) is 4.74. The summed E-state index contributed by atoms with van der Waals surface area (Å²) in [5.41, 5.74) is 1.17. The Hall–Kier alpha value is -2.24. The standard InChI is InChI=1S/C20H26N2O4/c23-18-7-4-14(11-21-18)19(24)22-12-20(8-2-1-3-9-20)15-5-6-16-17(10-15)26-13-25-16/h5-6,10,14H,1-4,7-9,11-13H2,(H,21,23)(H,22,24). The molecule has 6 nitrogen and oxygen atoms in total. The summed E-state index contributed by atoms with van der Waals surface area (Å²) < 4.78 is 11.0. The highest BCUT2D eigenvalue weighted by molar-refractivity contribution is 5.83. The van der Waals surface area contributed by atoms with Crippen molar-refractivity contribution >= 4 is 11.8 Å². The summed E-state index contributed by atoms with van der Waals surface area (Å²) >= 11 is 0. The number of hydrogen-bond acceptors (Lipinski definition) is 4. The van der Waals surface area contributed by atoms with Gasteiger partial charge in [-0.2, -0.15) is 0 Å². The van der Waals surface area contributed by atoms with Gasteiger partial charge < -0.3 is 20.1 Å². The molecule has 0 bridgehead atoms. The molecule has 4 rings (SSSR count). The van der Waals surface area contributed by atoms with Crippen LogP contribution in [0.25, 0.3) is 0 Å². The third-order valence-electron chi connectivity index (χ3n) is 6.03. The first-order chi connectivity index (χ1) is 12.7. The Morgan fingerprint density at radius 2 is 2.00 bits per heavy atom. The molecule has 2 amide bonds. The average molecular weight is 358 g/mol. The van der Waals surface area contributed by atoms with Crippen molar-refractivity contribution in [3.8, 4) is 11.5 Å². The van der Waals surface area contributed by atoms with Crippen LogP contribution in [0, 0.1) is 5.92 Å². The van der Waals surface area contributed by atoms with Gasteiger partial charge >= 0.3 is 0 Å². The highest BCUT2D eigenvalue weighted by Gasteiger charge is 2.36. The zero-order valence-corrected chi connectivity index (χ0v) is 15.0. The summed E-state index contributed by atoms with van der Waals surface area (Å²) in [6, 6.07) is 6.18. The van der Waals surface area contributed by atoms with Crippen LogP contribution in [0.2, 0.25) is 0 Å². The van der Waals surface area contributed by atoms with Crippen molar-refractivity contribution in [2.24, 2.45) is 5.92 Å². The van der Waals surface area contributed by atoms with E-state index >= 15 is 0 Å². The Bertz CT molecular complexity index is 687. The number of piperidine rings is 1. The minimum atomic E-state index is -0.120. The molecule has 1 aromatic carbocycles.